The smallest absolute Gasteiger partial charge is 0.246 e. The second kappa shape index (κ2) is 8.18. The topological polar surface area (TPSA) is 88.0 Å². The number of amides is 1. The third-order valence-corrected chi connectivity index (χ3v) is 4.57. The quantitative estimate of drug-likeness (QED) is 0.754. The Bertz CT molecular complexity index is 791. The highest BCUT2D eigenvalue weighted by molar-refractivity contribution is 6.32. The summed E-state index contributed by atoms with van der Waals surface area (Å²) in [6.07, 6.45) is 9.48. The fraction of sp³-hybridized carbons (Fsp3) is 0.412. The lowest BCUT2D eigenvalue weighted by molar-refractivity contribution is -0.129. The van der Waals surface area contributed by atoms with Gasteiger partial charge < -0.3 is 15.5 Å². The minimum absolute atomic E-state index is 0.0378. The molecule has 3 rings (SSSR count). The van der Waals surface area contributed by atoms with Crippen LogP contribution in [0, 0.1) is 0 Å². The molecule has 1 amide bonds. The first kappa shape index (κ1) is 18.2. The zero-order valence-corrected chi connectivity index (χ0v) is 15.4. The maximum absolute atomic E-state index is 12.0. The molecule has 1 fully saturated rings. The number of carbonyl (C=O) groups is 1. The average Bonchev–Trinajstić information content (AvgIpc) is 3.06. The van der Waals surface area contributed by atoms with E-state index in [-0.39, 0.29) is 11.9 Å². The van der Waals surface area contributed by atoms with Gasteiger partial charge >= 0.3 is 0 Å². The largest absolute Gasteiger partial charge is 0.367 e. The van der Waals surface area contributed by atoms with Crippen LogP contribution < -0.4 is 10.6 Å². The van der Waals surface area contributed by atoms with Crippen molar-refractivity contribution in [2.45, 2.75) is 25.3 Å². The second-order valence-electron chi connectivity index (χ2n) is 6.18. The van der Waals surface area contributed by atoms with E-state index in [9.17, 15) is 4.79 Å². The first-order valence-corrected chi connectivity index (χ1v) is 8.89. The highest BCUT2D eigenvalue weighted by Gasteiger charge is 2.25. The van der Waals surface area contributed by atoms with Crippen LogP contribution in [-0.2, 0) is 11.8 Å². The minimum Gasteiger partial charge on any atom is -0.367 e. The molecular weight excluding hydrogens is 354 g/mol. The van der Waals surface area contributed by atoms with Crippen LogP contribution >= 0.6 is 11.6 Å². The van der Waals surface area contributed by atoms with Gasteiger partial charge in [0.1, 0.15) is 5.02 Å². The molecule has 0 saturated carbocycles. The molecule has 2 aromatic heterocycles. The number of nitrogens with zero attached hydrogens (tertiary/aromatic N) is 5. The number of carbonyl (C=O) groups excluding carboxylic acids is 1. The fourth-order valence-electron chi connectivity index (χ4n) is 3.00. The first-order chi connectivity index (χ1) is 12.6. The lowest BCUT2D eigenvalue weighted by Crippen LogP contribution is -2.46. The van der Waals surface area contributed by atoms with E-state index in [0.29, 0.717) is 23.3 Å². The van der Waals surface area contributed by atoms with Gasteiger partial charge in [0.05, 0.1) is 18.1 Å². The number of hydrogen-bond donors (Lipinski definition) is 2. The maximum Gasteiger partial charge on any atom is 0.246 e. The molecule has 1 atom stereocenters. The van der Waals surface area contributed by atoms with Gasteiger partial charge in [-0.1, -0.05) is 18.2 Å². The fourth-order valence-corrected chi connectivity index (χ4v) is 3.16. The van der Waals surface area contributed by atoms with Crippen LogP contribution in [0.15, 0.2) is 31.2 Å². The predicted molar refractivity (Wildman–Crippen MR) is 102 cm³/mol. The van der Waals surface area contributed by atoms with Crippen molar-refractivity contribution in [2.24, 2.45) is 7.05 Å². The number of hydrogen-bond acceptors (Lipinski definition) is 6. The highest BCUT2D eigenvalue weighted by atomic mass is 35.5. The predicted octanol–water partition coefficient (Wildman–Crippen LogP) is 2.59. The Kier molecular flexibility index (Phi) is 5.72. The summed E-state index contributed by atoms with van der Waals surface area (Å²) >= 11 is 6.22. The molecule has 3 heterocycles. The minimum atomic E-state index is -0.0378. The Morgan fingerprint density at radius 3 is 3.04 bits per heavy atom. The standard InChI is InChI=1S/C17H22ClN7O/c1-3-15(26)25-7-5-4-6-13(25)9-19-16-14(18)10-20-17(23-16)22-12-8-21-24(2)11-12/h3,8,10-11,13H,1,4-7,9H2,2H3,(H2,19,20,22,23)/t13-/m0/s1. The Morgan fingerprint density at radius 1 is 1.46 bits per heavy atom. The SMILES string of the molecule is C=CC(=O)N1CCCC[C@H]1CNc1nc(Nc2cnn(C)c2)ncc1Cl. The number of halogens is 1. The Morgan fingerprint density at radius 2 is 2.31 bits per heavy atom. The molecule has 8 nitrogen and oxygen atoms in total. The highest BCUT2D eigenvalue weighted by Crippen LogP contribution is 2.23. The summed E-state index contributed by atoms with van der Waals surface area (Å²) in [6.45, 7) is 4.91. The summed E-state index contributed by atoms with van der Waals surface area (Å²) in [7, 11) is 1.83. The molecule has 1 aliphatic heterocycles. The number of piperidine rings is 1. The van der Waals surface area contributed by atoms with Gasteiger partial charge in [-0.25, -0.2) is 4.98 Å². The molecule has 2 N–H and O–H groups in total. The summed E-state index contributed by atoms with van der Waals surface area (Å²) in [5, 5.41) is 10.9. The van der Waals surface area contributed by atoms with E-state index < -0.39 is 0 Å². The number of likely N-dealkylation sites (tertiary alicyclic amines) is 1. The number of nitrogens with one attached hydrogen (secondary N) is 2. The first-order valence-electron chi connectivity index (χ1n) is 8.52. The van der Waals surface area contributed by atoms with E-state index in [2.05, 4.69) is 32.3 Å². The average molecular weight is 376 g/mol. The molecule has 26 heavy (non-hydrogen) atoms. The number of anilines is 3. The van der Waals surface area contributed by atoms with Gasteiger partial charge in [-0.15, -0.1) is 0 Å². The summed E-state index contributed by atoms with van der Waals surface area (Å²) in [5.41, 5.74) is 0.788. The molecular formula is C17H22ClN7O. The van der Waals surface area contributed by atoms with Gasteiger partial charge in [0, 0.05) is 32.4 Å². The van der Waals surface area contributed by atoms with Gasteiger partial charge in [0.15, 0.2) is 5.82 Å². The third-order valence-electron chi connectivity index (χ3n) is 4.30. The van der Waals surface area contributed by atoms with E-state index >= 15 is 0 Å². The lowest BCUT2D eigenvalue weighted by Gasteiger charge is -2.35. The summed E-state index contributed by atoms with van der Waals surface area (Å²) in [4.78, 5) is 22.5. The van der Waals surface area contributed by atoms with Gasteiger partial charge in [0.25, 0.3) is 0 Å². The molecule has 0 bridgehead atoms. The lowest BCUT2D eigenvalue weighted by atomic mass is 10.0. The normalized spacial score (nSPS) is 17.0. The van der Waals surface area contributed by atoms with E-state index in [1.165, 1.54) is 6.08 Å². The molecule has 1 aliphatic rings. The zero-order valence-electron chi connectivity index (χ0n) is 14.7. The molecule has 0 aliphatic carbocycles. The molecule has 0 spiro atoms. The van der Waals surface area contributed by atoms with Crippen molar-refractivity contribution in [3.8, 4) is 0 Å². The van der Waals surface area contributed by atoms with Gasteiger partial charge in [-0.05, 0) is 25.3 Å². The van der Waals surface area contributed by atoms with Gasteiger partial charge in [-0.2, -0.15) is 10.1 Å². The van der Waals surface area contributed by atoms with E-state index in [0.717, 1.165) is 31.5 Å². The molecule has 0 unspecified atom stereocenters. The van der Waals surface area contributed by atoms with Crippen molar-refractivity contribution >= 4 is 35.0 Å². The van der Waals surface area contributed by atoms with E-state index in [1.807, 2.05) is 18.1 Å². The molecule has 9 heteroatoms. The third kappa shape index (κ3) is 4.32. The van der Waals surface area contributed by atoms with Crippen LogP contribution in [-0.4, -0.2) is 49.7 Å². The monoisotopic (exact) mass is 375 g/mol. The Labute approximate surface area is 157 Å². The maximum atomic E-state index is 12.0. The van der Waals surface area contributed by atoms with Crippen molar-refractivity contribution in [1.29, 1.82) is 0 Å². The van der Waals surface area contributed by atoms with Crippen molar-refractivity contribution in [3.05, 3.63) is 36.3 Å². The van der Waals surface area contributed by atoms with Crippen LogP contribution in [0.25, 0.3) is 0 Å². The molecule has 0 radical (unpaired) electrons. The van der Waals surface area contributed by atoms with Crippen molar-refractivity contribution in [3.63, 3.8) is 0 Å². The van der Waals surface area contributed by atoms with Crippen LogP contribution in [0.4, 0.5) is 17.5 Å². The summed E-state index contributed by atoms with van der Waals surface area (Å²) in [5.74, 6) is 0.918. The van der Waals surface area contributed by atoms with Gasteiger partial charge in [0.2, 0.25) is 11.9 Å². The molecule has 138 valence electrons. The second-order valence-corrected chi connectivity index (χ2v) is 6.59. The number of aryl methyl sites for hydroxylation is 1. The van der Waals surface area contributed by atoms with Crippen molar-refractivity contribution in [1.82, 2.24) is 24.6 Å². The Hall–Kier alpha value is -2.61. The van der Waals surface area contributed by atoms with Crippen LogP contribution in [0.2, 0.25) is 5.02 Å². The molecule has 0 aromatic carbocycles. The summed E-state index contributed by atoms with van der Waals surface area (Å²) in [6, 6.07) is 0.0926. The van der Waals surface area contributed by atoms with Crippen LogP contribution in [0.5, 0.6) is 0 Å². The number of aromatic nitrogens is 4. The van der Waals surface area contributed by atoms with E-state index in [4.69, 9.17) is 11.6 Å². The van der Waals surface area contributed by atoms with Crippen molar-refractivity contribution < 1.29 is 4.79 Å². The van der Waals surface area contributed by atoms with Crippen LogP contribution in [0.3, 0.4) is 0 Å². The van der Waals surface area contributed by atoms with Crippen LogP contribution in [0.1, 0.15) is 19.3 Å². The zero-order chi connectivity index (χ0) is 18.5. The molecule has 1 saturated heterocycles. The summed E-state index contributed by atoms with van der Waals surface area (Å²) < 4.78 is 1.69. The molecule has 2 aromatic rings. The Balaban J connectivity index is 1.67. The van der Waals surface area contributed by atoms with Crippen molar-refractivity contribution in [2.75, 3.05) is 23.7 Å². The number of rotatable bonds is 6. The van der Waals surface area contributed by atoms with Gasteiger partial charge in [-0.3, -0.25) is 9.48 Å². The van der Waals surface area contributed by atoms with E-state index in [1.54, 1.807) is 17.1 Å².